The van der Waals surface area contributed by atoms with Crippen LogP contribution in [-0.2, 0) is 33.9 Å². The zero-order valence-corrected chi connectivity index (χ0v) is 22.2. The van der Waals surface area contributed by atoms with Crippen LogP contribution in [0.25, 0.3) is 38.5 Å². The summed E-state index contributed by atoms with van der Waals surface area (Å²) >= 11 is 0. The molecule has 3 aromatic carbocycles. The van der Waals surface area contributed by atoms with Crippen molar-refractivity contribution in [1.29, 1.82) is 0 Å². The van der Waals surface area contributed by atoms with E-state index in [9.17, 15) is 5.11 Å². The maximum atomic E-state index is 10.2. The summed E-state index contributed by atoms with van der Waals surface area (Å²) in [7, 11) is 0. The van der Waals surface area contributed by atoms with E-state index in [1.165, 1.54) is 11.1 Å². The maximum Gasteiger partial charge on any atom is 0.217 e. The quantitative estimate of drug-likeness (QED) is 0.201. The van der Waals surface area contributed by atoms with Crippen molar-refractivity contribution in [2.24, 2.45) is 0 Å². The fraction of sp³-hybridized carbons (Fsp3) is 0.133. The van der Waals surface area contributed by atoms with Gasteiger partial charge in [-0.25, -0.2) is 9.97 Å². The van der Waals surface area contributed by atoms with Gasteiger partial charge < -0.3 is 14.4 Å². The molecule has 0 aliphatic rings. The number of benzene rings is 3. The molecule has 0 spiro atoms. The summed E-state index contributed by atoms with van der Waals surface area (Å²) in [6, 6.07) is 27.0. The predicted molar refractivity (Wildman–Crippen MR) is 140 cm³/mol. The first-order valence-corrected chi connectivity index (χ1v) is 11.9. The summed E-state index contributed by atoms with van der Waals surface area (Å²) in [5, 5.41) is 13.3. The molecule has 0 bridgehead atoms. The molecule has 0 unspecified atom stereocenters. The van der Waals surface area contributed by atoms with E-state index in [4.69, 9.17) is 9.72 Å². The van der Waals surface area contributed by atoms with E-state index >= 15 is 0 Å². The van der Waals surface area contributed by atoms with Crippen LogP contribution in [0, 0.1) is 6.07 Å². The number of phenols is 1. The van der Waals surface area contributed by atoms with Crippen molar-refractivity contribution < 1.29 is 30.9 Å². The maximum absolute atomic E-state index is 10.2. The molecule has 0 atom stereocenters. The third-order valence-corrected chi connectivity index (χ3v) is 6.45. The van der Waals surface area contributed by atoms with Crippen LogP contribution in [0.2, 0.25) is 0 Å². The molecule has 5 nitrogen and oxygen atoms in total. The second-order valence-electron chi connectivity index (χ2n) is 8.57. The van der Waals surface area contributed by atoms with Gasteiger partial charge >= 0.3 is 0 Å². The van der Waals surface area contributed by atoms with Gasteiger partial charge in [-0.1, -0.05) is 55.8 Å². The van der Waals surface area contributed by atoms with E-state index in [0.717, 1.165) is 45.9 Å². The Labute approximate surface area is 223 Å². The number of aromatic hydroxyl groups is 1. The summed E-state index contributed by atoms with van der Waals surface area (Å²) in [4.78, 5) is 9.39. The minimum Gasteiger partial charge on any atom is -0.506 e. The number of rotatable bonds is 5. The van der Waals surface area contributed by atoms with Crippen LogP contribution in [0.5, 0.6) is 17.4 Å². The average molecular weight is 654 g/mol. The first-order chi connectivity index (χ1) is 17.2. The third-order valence-electron chi connectivity index (χ3n) is 6.45. The number of aromatic nitrogens is 3. The van der Waals surface area contributed by atoms with Crippen molar-refractivity contribution in [2.45, 2.75) is 26.7 Å². The molecular weight excluding hydrogens is 629 g/mol. The van der Waals surface area contributed by atoms with Gasteiger partial charge in [0.2, 0.25) is 5.88 Å². The number of para-hydroxylation sites is 2. The van der Waals surface area contributed by atoms with Crippen LogP contribution in [0.15, 0.2) is 79.0 Å². The second-order valence-corrected chi connectivity index (χ2v) is 8.57. The van der Waals surface area contributed by atoms with Crippen molar-refractivity contribution in [3.05, 3.63) is 96.2 Å². The largest absolute Gasteiger partial charge is 0.506 e. The Morgan fingerprint density at radius 3 is 2.61 bits per heavy atom. The van der Waals surface area contributed by atoms with Crippen molar-refractivity contribution >= 4 is 32.7 Å². The first kappa shape index (κ1) is 24.0. The van der Waals surface area contributed by atoms with Crippen LogP contribution >= 0.6 is 0 Å². The number of hydrogen-bond donors (Lipinski definition) is 1. The SMILES string of the molecule is CCc1cnc(-n2c3[c-]c(Oc4ccc5cccc(O)c5n4)ccc3c3ccccc32)c(CC)c1.[Pt]. The molecule has 0 aliphatic heterocycles. The molecule has 6 heteroatoms. The minimum atomic E-state index is 0. The van der Waals surface area contributed by atoms with Gasteiger partial charge in [-0.15, -0.1) is 17.5 Å². The van der Waals surface area contributed by atoms with Gasteiger partial charge in [-0.05, 0) is 47.6 Å². The van der Waals surface area contributed by atoms with Crippen molar-refractivity contribution in [3.63, 3.8) is 0 Å². The summed E-state index contributed by atoms with van der Waals surface area (Å²) < 4.78 is 8.29. The van der Waals surface area contributed by atoms with Gasteiger partial charge in [0.1, 0.15) is 17.1 Å². The molecule has 3 aromatic heterocycles. The van der Waals surface area contributed by atoms with Gasteiger partial charge in [-0.2, -0.15) is 6.07 Å². The molecule has 0 amide bonds. The Hall–Kier alpha value is -3.69. The Morgan fingerprint density at radius 1 is 0.917 bits per heavy atom. The average Bonchev–Trinajstić information content (AvgIpc) is 3.22. The van der Waals surface area contributed by atoms with Gasteiger partial charge in [0.25, 0.3) is 0 Å². The Bertz CT molecular complexity index is 1730. The number of aryl methyl sites for hydroxylation is 2. The molecule has 6 aromatic rings. The second kappa shape index (κ2) is 9.75. The van der Waals surface area contributed by atoms with Gasteiger partial charge in [0, 0.05) is 50.0 Å². The summed E-state index contributed by atoms with van der Waals surface area (Å²) in [6.45, 7) is 4.31. The zero-order chi connectivity index (χ0) is 23.9. The van der Waals surface area contributed by atoms with Gasteiger partial charge in [0.05, 0.1) is 0 Å². The molecule has 0 aliphatic carbocycles. The summed E-state index contributed by atoms with van der Waals surface area (Å²) in [5.74, 6) is 1.99. The predicted octanol–water partition coefficient (Wildman–Crippen LogP) is 7.15. The summed E-state index contributed by atoms with van der Waals surface area (Å²) in [5.41, 5.74) is 4.91. The van der Waals surface area contributed by atoms with E-state index in [1.54, 1.807) is 18.2 Å². The Balaban J connectivity index is 0.00000267. The molecule has 0 fully saturated rings. The van der Waals surface area contributed by atoms with Gasteiger partial charge in [0.15, 0.2) is 0 Å². The normalized spacial score (nSPS) is 11.2. The number of ether oxygens (including phenoxy) is 1. The number of fused-ring (bicyclic) bond motifs is 4. The fourth-order valence-electron chi connectivity index (χ4n) is 4.64. The van der Waals surface area contributed by atoms with Crippen LogP contribution in [0.1, 0.15) is 25.0 Å². The molecule has 36 heavy (non-hydrogen) atoms. The molecule has 0 radical (unpaired) electrons. The van der Waals surface area contributed by atoms with Crippen molar-refractivity contribution in [2.75, 3.05) is 0 Å². The summed E-state index contributed by atoms with van der Waals surface area (Å²) in [6.07, 6.45) is 3.79. The fourth-order valence-corrected chi connectivity index (χ4v) is 4.64. The number of hydrogen-bond acceptors (Lipinski definition) is 4. The third kappa shape index (κ3) is 4.04. The smallest absolute Gasteiger partial charge is 0.217 e. The van der Waals surface area contributed by atoms with Gasteiger partial charge in [-0.3, -0.25) is 0 Å². The molecule has 1 N–H and O–H groups in total. The molecule has 0 saturated carbocycles. The van der Waals surface area contributed by atoms with Crippen LogP contribution in [0.3, 0.4) is 0 Å². The standard InChI is InChI=1S/C30H24N3O2.Pt/c1-3-19-16-20(4-2)30(31-18-19)33-25-10-6-5-9-23(25)24-14-13-22(17-26(24)33)35-28-15-12-21-8-7-11-27(34)29(21)32-28;/h5-16,18,34H,3-4H2,1-2H3;/q-1;. The van der Waals surface area contributed by atoms with Crippen LogP contribution in [0.4, 0.5) is 0 Å². The number of phenolic OH excluding ortho intramolecular Hbond substituents is 1. The first-order valence-electron chi connectivity index (χ1n) is 11.9. The van der Waals surface area contributed by atoms with Crippen molar-refractivity contribution in [1.82, 2.24) is 14.5 Å². The monoisotopic (exact) mass is 653 g/mol. The molecule has 0 saturated heterocycles. The molecule has 182 valence electrons. The molecule has 6 rings (SSSR count). The number of pyridine rings is 2. The molecule has 3 heterocycles. The van der Waals surface area contributed by atoms with Crippen LogP contribution < -0.4 is 4.74 Å². The van der Waals surface area contributed by atoms with E-state index in [1.807, 2.05) is 30.5 Å². The number of nitrogens with zero attached hydrogens (tertiary/aromatic N) is 3. The van der Waals surface area contributed by atoms with E-state index in [2.05, 4.69) is 59.8 Å². The van der Waals surface area contributed by atoms with Crippen molar-refractivity contribution in [3.8, 4) is 23.2 Å². The molecular formula is C30H24N3O2Pt-. The Kier molecular flexibility index (Phi) is 6.51. The minimum absolute atomic E-state index is 0. The van der Waals surface area contributed by atoms with E-state index in [-0.39, 0.29) is 26.8 Å². The van der Waals surface area contributed by atoms with Crippen LogP contribution in [-0.4, -0.2) is 19.6 Å². The topological polar surface area (TPSA) is 60.2 Å². The van der Waals surface area contributed by atoms with E-state index < -0.39 is 0 Å². The zero-order valence-electron chi connectivity index (χ0n) is 19.9. The Morgan fingerprint density at radius 2 is 1.78 bits per heavy atom. The van der Waals surface area contributed by atoms with E-state index in [0.29, 0.717) is 17.1 Å².